The molecule has 1 aliphatic carbocycles. The van der Waals surface area contributed by atoms with Crippen molar-refractivity contribution in [3.05, 3.63) is 22.8 Å². The maximum absolute atomic E-state index is 6.06. The number of anilines is 1. The minimum absolute atomic E-state index is 0.232. The van der Waals surface area contributed by atoms with Crippen LogP contribution >= 0.6 is 11.6 Å². The van der Waals surface area contributed by atoms with E-state index in [-0.39, 0.29) is 11.6 Å². The zero-order valence-electron chi connectivity index (χ0n) is 12.9. The lowest BCUT2D eigenvalue weighted by Gasteiger charge is -2.47. The highest BCUT2D eigenvalue weighted by Gasteiger charge is 2.45. The Morgan fingerprint density at radius 1 is 1.33 bits per heavy atom. The van der Waals surface area contributed by atoms with Gasteiger partial charge < -0.3 is 10.5 Å². The van der Waals surface area contributed by atoms with Gasteiger partial charge in [0.2, 0.25) is 0 Å². The third-order valence-electron chi connectivity index (χ3n) is 4.78. The summed E-state index contributed by atoms with van der Waals surface area (Å²) >= 11 is 6.06. The lowest BCUT2D eigenvalue weighted by atomic mass is 9.67. The summed E-state index contributed by atoms with van der Waals surface area (Å²) in [5.74, 6) is 6.26. The molecule has 1 aliphatic rings. The van der Waals surface area contributed by atoms with Crippen LogP contribution < -0.4 is 17.0 Å². The van der Waals surface area contributed by atoms with E-state index < -0.39 is 0 Å². The quantitative estimate of drug-likeness (QED) is 0.588. The number of hydrogen-bond acceptors (Lipinski definition) is 5. The van der Waals surface area contributed by atoms with Gasteiger partial charge in [-0.05, 0) is 37.2 Å². The Morgan fingerprint density at radius 3 is 2.48 bits per heavy atom. The second kappa shape index (κ2) is 6.08. The minimum Gasteiger partial charge on any atom is -0.383 e. The third-order valence-corrected chi connectivity index (χ3v) is 4.98. The van der Waals surface area contributed by atoms with Gasteiger partial charge in [0.15, 0.2) is 0 Å². The summed E-state index contributed by atoms with van der Waals surface area (Å²) in [6, 6.07) is 1.58. The standard InChI is InChI=1S/C15H25ClN4O/c1-14(2)4-6-15(21-3,7-5-14)12(20-18)11-8-10(16)9-19-13(11)17/h8-9,12,20H,4-7,18H2,1-3H3,(H2,17,19). The van der Waals surface area contributed by atoms with Crippen LogP contribution in [0.5, 0.6) is 0 Å². The molecule has 1 aromatic heterocycles. The molecule has 2 rings (SSSR count). The van der Waals surface area contributed by atoms with Gasteiger partial charge in [-0.15, -0.1) is 0 Å². The summed E-state index contributed by atoms with van der Waals surface area (Å²) in [4.78, 5) is 4.13. The van der Waals surface area contributed by atoms with Gasteiger partial charge in [-0.2, -0.15) is 0 Å². The van der Waals surface area contributed by atoms with Gasteiger partial charge in [-0.3, -0.25) is 5.84 Å². The second-order valence-corrected chi connectivity index (χ2v) is 7.10. The van der Waals surface area contributed by atoms with Crippen molar-refractivity contribution in [3.63, 3.8) is 0 Å². The average molecular weight is 313 g/mol. The summed E-state index contributed by atoms with van der Waals surface area (Å²) in [5.41, 5.74) is 9.64. The fraction of sp³-hybridized carbons (Fsp3) is 0.667. The van der Waals surface area contributed by atoms with Crippen LogP contribution in [0, 0.1) is 5.41 Å². The van der Waals surface area contributed by atoms with Gasteiger partial charge in [0.25, 0.3) is 0 Å². The molecule has 1 fully saturated rings. The molecule has 1 heterocycles. The van der Waals surface area contributed by atoms with Gasteiger partial charge in [0.1, 0.15) is 5.82 Å². The van der Waals surface area contributed by atoms with E-state index in [4.69, 9.17) is 27.9 Å². The number of hydrazine groups is 1. The first-order valence-electron chi connectivity index (χ1n) is 7.26. The normalized spacial score (nSPS) is 22.0. The molecule has 0 spiro atoms. The molecule has 0 aliphatic heterocycles. The van der Waals surface area contributed by atoms with E-state index in [0.29, 0.717) is 16.3 Å². The van der Waals surface area contributed by atoms with Crippen molar-refractivity contribution in [3.8, 4) is 0 Å². The number of ether oxygens (including phenoxy) is 1. The summed E-state index contributed by atoms with van der Waals surface area (Å²) in [6.07, 6.45) is 5.52. The first-order chi connectivity index (χ1) is 9.83. The predicted octanol–water partition coefficient (Wildman–Crippen LogP) is 2.81. The number of methoxy groups -OCH3 is 1. The van der Waals surface area contributed by atoms with Crippen LogP contribution in [0.1, 0.15) is 51.1 Å². The van der Waals surface area contributed by atoms with Gasteiger partial charge in [-0.25, -0.2) is 10.4 Å². The number of halogens is 1. The number of aromatic nitrogens is 1. The number of hydrogen-bond donors (Lipinski definition) is 3. The van der Waals surface area contributed by atoms with Crippen LogP contribution in [0.15, 0.2) is 12.3 Å². The van der Waals surface area contributed by atoms with Gasteiger partial charge in [0.05, 0.1) is 16.7 Å². The van der Waals surface area contributed by atoms with E-state index in [0.717, 1.165) is 31.2 Å². The lowest BCUT2D eigenvalue weighted by molar-refractivity contribution is -0.0876. The Hall–Kier alpha value is -0.880. The van der Waals surface area contributed by atoms with Gasteiger partial charge >= 0.3 is 0 Å². The number of nitrogens with zero attached hydrogens (tertiary/aromatic N) is 1. The topological polar surface area (TPSA) is 86.2 Å². The molecule has 1 atom stereocenters. The lowest BCUT2D eigenvalue weighted by Crippen LogP contribution is -2.51. The second-order valence-electron chi connectivity index (χ2n) is 6.66. The Labute approximate surface area is 131 Å². The molecule has 118 valence electrons. The first-order valence-corrected chi connectivity index (χ1v) is 7.63. The number of rotatable bonds is 4. The highest BCUT2D eigenvalue weighted by atomic mass is 35.5. The maximum Gasteiger partial charge on any atom is 0.128 e. The first kappa shape index (κ1) is 16.5. The Kier molecular flexibility index (Phi) is 4.78. The van der Waals surface area contributed by atoms with Crippen molar-refractivity contribution < 1.29 is 4.74 Å². The summed E-state index contributed by atoms with van der Waals surface area (Å²) in [5, 5.41) is 0.543. The summed E-state index contributed by atoms with van der Waals surface area (Å²) in [7, 11) is 1.73. The highest BCUT2D eigenvalue weighted by molar-refractivity contribution is 6.30. The molecule has 5 N–H and O–H groups in total. The van der Waals surface area contributed by atoms with Crippen molar-refractivity contribution in [1.29, 1.82) is 0 Å². The molecular formula is C15H25ClN4O. The van der Waals surface area contributed by atoms with Crippen LogP contribution in [-0.2, 0) is 4.74 Å². The van der Waals surface area contributed by atoms with E-state index in [1.54, 1.807) is 7.11 Å². The molecule has 1 saturated carbocycles. The summed E-state index contributed by atoms with van der Waals surface area (Å²) in [6.45, 7) is 4.57. The number of nitrogens with two attached hydrogens (primary N) is 2. The van der Waals surface area contributed by atoms with Gasteiger partial charge in [0, 0.05) is 18.9 Å². The zero-order chi connectivity index (χ0) is 15.7. The molecule has 0 amide bonds. The fourth-order valence-electron chi connectivity index (χ4n) is 3.18. The zero-order valence-corrected chi connectivity index (χ0v) is 13.7. The SMILES string of the molecule is COC1(C(NN)c2cc(Cl)cnc2N)CCC(C)(C)CC1. The smallest absolute Gasteiger partial charge is 0.128 e. The third kappa shape index (κ3) is 3.31. The molecule has 21 heavy (non-hydrogen) atoms. The number of nitrogens with one attached hydrogen (secondary N) is 1. The highest BCUT2D eigenvalue weighted by Crippen LogP contribution is 2.47. The number of pyridine rings is 1. The van der Waals surface area contributed by atoms with Crippen molar-refractivity contribution in [2.45, 2.75) is 51.2 Å². The largest absolute Gasteiger partial charge is 0.383 e. The van der Waals surface area contributed by atoms with Crippen molar-refractivity contribution >= 4 is 17.4 Å². The molecule has 1 aromatic rings. The molecule has 6 heteroatoms. The molecule has 0 saturated heterocycles. The van der Waals surface area contributed by atoms with E-state index in [1.807, 2.05) is 6.07 Å². The van der Waals surface area contributed by atoms with Crippen LogP contribution in [0.25, 0.3) is 0 Å². The van der Waals surface area contributed by atoms with Crippen molar-refractivity contribution in [1.82, 2.24) is 10.4 Å². The van der Waals surface area contributed by atoms with Gasteiger partial charge in [-0.1, -0.05) is 25.4 Å². The van der Waals surface area contributed by atoms with Crippen LogP contribution in [0.4, 0.5) is 5.82 Å². The average Bonchev–Trinajstić information content (AvgIpc) is 2.45. The van der Waals surface area contributed by atoms with Crippen LogP contribution in [0.3, 0.4) is 0 Å². The van der Waals surface area contributed by atoms with Crippen molar-refractivity contribution in [2.24, 2.45) is 11.3 Å². The molecule has 0 bridgehead atoms. The van der Waals surface area contributed by atoms with E-state index in [9.17, 15) is 0 Å². The predicted molar refractivity (Wildman–Crippen MR) is 85.7 cm³/mol. The minimum atomic E-state index is -0.384. The molecule has 1 unspecified atom stereocenters. The van der Waals surface area contributed by atoms with E-state index in [2.05, 4.69) is 24.3 Å². The number of nitrogen functional groups attached to an aromatic ring is 1. The fourth-order valence-corrected chi connectivity index (χ4v) is 3.35. The Balaban J connectivity index is 2.36. The molecule has 5 nitrogen and oxygen atoms in total. The van der Waals surface area contributed by atoms with E-state index in [1.165, 1.54) is 6.20 Å². The Bertz CT molecular complexity index is 496. The molecule has 0 aromatic carbocycles. The maximum atomic E-state index is 6.06. The monoisotopic (exact) mass is 312 g/mol. The molecular weight excluding hydrogens is 288 g/mol. The summed E-state index contributed by atoms with van der Waals surface area (Å²) < 4.78 is 5.91. The van der Waals surface area contributed by atoms with E-state index >= 15 is 0 Å². The van der Waals surface area contributed by atoms with Crippen LogP contribution in [0.2, 0.25) is 5.02 Å². The van der Waals surface area contributed by atoms with Crippen molar-refractivity contribution in [2.75, 3.05) is 12.8 Å². The molecule has 0 radical (unpaired) electrons. The van der Waals surface area contributed by atoms with Crippen LogP contribution in [-0.4, -0.2) is 17.7 Å². The Morgan fingerprint density at radius 2 is 1.95 bits per heavy atom.